The van der Waals surface area contributed by atoms with E-state index in [2.05, 4.69) is 10.1 Å². The first kappa shape index (κ1) is 13.5. The molecule has 20 heavy (non-hydrogen) atoms. The predicted molar refractivity (Wildman–Crippen MR) is 67.8 cm³/mol. The highest BCUT2D eigenvalue weighted by molar-refractivity contribution is 5.77. The molecule has 1 aromatic rings. The maximum absolute atomic E-state index is 12.0. The molecule has 0 saturated carbocycles. The van der Waals surface area contributed by atoms with Gasteiger partial charge < -0.3 is 18.9 Å². The van der Waals surface area contributed by atoms with Gasteiger partial charge in [-0.15, -0.1) is 0 Å². The summed E-state index contributed by atoms with van der Waals surface area (Å²) in [7, 11) is 0. The summed E-state index contributed by atoms with van der Waals surface area (Å²) in [4.78, 5) is 17.8. The molecule has 0 N–H and O–H groups in total. The summed E-state index contributed by atoms with van der Waals surface area (Å²) in [5.41, 5.74) is 0. The maximum atomic E-state index is 12.0. The number of likely N-dealkylation sites (tertiary alicyclic amines) is 1. The molecule has 1 aromatic heterocycles. The van der Waals surface area contributed by atoms with Crippen LogP contribution in [0.3, 0.4) is 0 Å². The third-order valence-corrected chi connectivity index (χ3v) is 3.64. The largest absolute Gasteiger partial charge is 0.378 e. The Hall–Kier alpha value is -1.47. The number of nitrogens with zero attached hydrogens (tertiary/aromatic N) is 3. The number of hydrogen-bond donors (Lipinski definition) is 0. The molecule has 0 aromatic carbocycles. The normalized spacial score (nSPS) is 23.1. The Morgan fingerprint density at radius 2 is 2.35 bits per heavy atom. The summed E-state index contributed by atoms with van der Waals surface area (Å²) in [5, 5.41) is 3.69. The van der Waals surface area contributed by atoms with E-state index in [-0.39, 0.29) is 18.1 Å². The first-order valence-corrected chi connectivity index (χ1v) is 7.01. The average Bonchev–Trinajstić information content (AvgIpc) is 2.99. The zero-order chi connectivity index (χ0) is 13.9. The van der Waals surface area contributed by atoms with Crippen molar-refractivity contribution in [2.45, 2.75) is 45.0 Å². The molecule has 110 valence electrons. The molecule has 1 amide bonds. The van der Waals surface area contributed by atoms with Gasteiger partial charge in [0.25, 0.3) is 5.89 Å². The Morgan fingerprint density at radius 1 is 1.50 bits per heavy atom. The number of carbonyl (C=O) groups is 1. The minimum atomic E-state index is 0.0654. The first-order valence-electron chi connectivity index (χ1n) is 7.01. The van der Waals surface area contributed by atoms with Crippen molar-refractivity contribution in [3.63, 3.8) is 0 Å². The lowest BCUT2D eigenvalue weighted by atomic mass is 10.1. The van der Waals surface area contributed by atoms with Crippen molar-refractivity contribution >= 4 is 5.91 Å². The van der Waals surface area contributed by atoms with E-state index in [0.717, 1.165) is 19.4 Å². The second-order valence-electron chi connectivity index (χ2n) is 5.31. The van der Waals surface area contributed by atoms with E-state index in [1.54, 1.807) is 6.92 Å². The molecular formula is C13H19N3O4. The van der Waals surface area contributed by atoms with Gasteiger partial charge in [-0.05, 0) is 19.8 Å². The summed E-state index contributed by atoms with van der Waals surface area (Å²) in [6.07, 6.45) is 2.73. The van der Waals surface area contributed by atoms with Crippen LogP contribution >= 0.6 is 0 Å². The molecule has 7 nitrogen and oxygen atoms in total. The fourth-order valence-corrected chi connectivity index (χ4v) is 2.46. The lowest BCUT2D eigenvalue weighted by Gasteiger charge is -2.39. The molecule has 0 bridgehead atoms. The SMILES string of the molecule is Cc1noc(COC2CN(C(=O)CC3CCCO3)C2)n1. The molecule has 2 saturated heterocycles. The van der Waals surface area contributed by atoms with Gasteiger partial charge in [-0.25, -0.2) is 0 Å². The monoisotopic (exact) mass is 281 g/mol. The summed E-state index contributed by atoms with van der Waals surface area (Å²) < 4.78 is 16.0. The lowest BCUT2D eigenvalue weighted by Crippen LogP contribution is -2.55. The Labute approximate surface area is 117 Å². The van der Waals surface area contributed by atoms with Crippen LogP contribution in [0, 0.1) is 6.92 Å². The van der Waals surface area contributed by atoms with Crippen molar-refractivity contribution in [3.8, 4) is 0 Å². The van der Waals surface area contributed by atoms with Crippen LogP contribution in [0.1, 0.15) is 31.0 Å². The van der Waals surface area contributed by atoms with Gasteiger partial charge in [0.05, 0.1) is 18.6 Å². The fourth-order valence-electron chi connectivity index (χ4n) is 2.46. The van der Waals surface area contributed by atoms with Crippen LogP contribution in [0.15, 0.2) is 4.52 Å². The van der Waals surface area contributed by atoms with Crippen molar-refractivity contribution < 1.29 is 18.8 Å². The van der Waals surface area contributed by atoms with Gasteiger partial charge in [-0.1, -0.05) is 5.16 Å². The Morgan fingerprint density at radius 3 is 3.00 bits per heavy atom. The van der Waals surface area contributed by atoms with Crippen LogP contribution in [-0.4, -0.2) is 52.9 Å². The molecule has 0 spiro atoms. The Bertz CT molecular complexity index is 464. The van der Waals surface area contributed by atoms with Crippen LogP contribution in [-0.2, 0) is 20.9 Å². The van der Waals surface area contributed by atoms with Crippen molar-refractivity contribution in [1.29, 1.82) is 0 Å². The first-order chi connectivity index (χ1) is 9.70. The molecule has 2 fully saturated rings. The minimum absolute atomic E-state index is 0.0654. The van der Waals surface area contributed by atoms with E-state index in [0.29, 0.717) is 37.8 Å². The number of amides is 1. The average molecular weight is 281 g/mol. The van der Waals surface area contributed by atoms with E-state index >= 15 is 0 Å². The number of aromatic nitrogens is 2. The summed E-state index contributed by atoms with van der Waals surface area (Å²) in [5.74, 6) is 1.24. The summed E-state index contributed by atoms with van der Waals surface area (Å²) >= 11 is 0. The van der Waals surface area contributed by atoms with Crippen LogP contribution in [0.2, 0.25) is 0 Å². The topological polar surface area (TPSA) is 77.7 Å². The van der Waals surface area contributed by atoms with E-state index in [4.69, 9.17) is 14.0 Å². The maximum Gasteiger partial charge on any atom is 0.252 e. The Kier molecular flexibility index (Phi) is 3.98. The van der Waals surface area contributed by atoms with Gasteiger partial charge in [0.15, 0.2) is 5.82 Å². The van der Waals surface area contributed by atoms with Crippen molar-refractivity contribution in [1.82, 2.24) is 15.0 Å². The van der Waals surface area contributed by atoms with E-state index < -0.39 is 0 Å². The zero-order valence-electron chi connectivity index (χ0n) is 11.6. The summed E-state index contributed by atoms with van der Waals surface area (Å²) in [6, 6.07) is 0. The van der Waals surface area contributed by atoms with Gasteiger partial charge in [0.1, 0.15) is 6.61 Å². The highest BCUT2D eigenvalue weighted by Crippen LogP contribution is 2.20. The molecule has 1 atom stereocenters. The lowest BCUT2D eigenvalue weighted by molar-refractivity contribution is -0.148. The third kappa shape index (κ3) is 3.16. The third-order valence-electron chi connectivity index (χ3n) is 3.64. The molecule has 2 aliphatic heterocycles. The molecule has 7 heteroatoms. The van der Waals surface area contributed by atoms with Crippen LogP contribution in [0.4, 0.5) is 0 Å². The van der Waals surface area contributed by atoms with Crippen molar-refractivity contribution in [2.24, 2.45) is 0 Å². The molecule has 1 unspecified atom stereocenters. The van der Waals surface area contributed by atoms with Gasteiger partial charge in [0, 0.05) is 19.7 Å². The van der Waals surface area contributed by atoms with E-state index in [9.17, 15) is 4.79 Å². The Balaban J connectivity index is 1.34. The minimum Gasteiger partial charge on any atom is -0.378 e. The molecule has 0 aliphatic carbocycles. The quantitative estimate of drug-likeness (QED) is 0.789. The second-order valence-corrected chi connectivity index (χ2v) is 5.31. The number of ether oxygens (including phenoxy) is 2. The molecular weight excluding hydrogens is 262 g/mol. The van der Waals surface area contributed by atoms with Crippen LogP contribution in [0.5, 0.6) is 0 Å². The molecule has 0 radical (unpaired) electrons. The summed E-state index contributed by atoms with van der Waals surface area (Å²) in [6.45, 7) is 4.13. The molecule has 3 rings (SSSR count). The van der Waals surface area contributed by atoms with Gasteiger partial charge in [-0.3, -0.25) is 4.79 Å². The van der Waals surface area contributed by atoms with E-state index in [1.165, 1.54) is 0 Å². The second kappa shape index (κ2) is 5.88. The van der Waals surface area contributed by atoms with Gasteiger partial charge >= 0.3 is 0 Å². The van der Waals surface area contributed by atoms with Crippen LogP contribution < -0.4 is 0 Å². The number of carbonyl (C=O) groups excluding carboxylic acids is 1. The standard InChI is InChI=1S/C13H19N3O4/c1-9-14-12(20-15-9)8-19-11-6-16(7-11)13(17)5-10-3-2-4-18-10/h10-11H,2-8H2,1H3. The van der Waals surface area contributed by atoms with Gasteiger partial charge in [0.2, 0.25) is 5.91 Å². The molecule has 2 aliphatic rings. The number of hydrogen-bond acceptors (Lipinski definition) is 6. The van der Waals surface area contributed by atoms with Gasteiger partial charge in [-0.2, -0.15) is 4.98 Å². The van der Waals surface area contributed by atoms with E-state index in [1.807, 2.05) is 4.90 Å². The predicted octanol–water partition coefficient (Wildman–Crippen LogP) is 0.675. The fraction of sp³-hybridized carbons (Fsp3) is 0.769. The highest BCUT2D eigenvalue weighted by Gasteiger charge is 2.33. The molecule has 3 heterocycles. The smallest absolute Gasteiger partial charge is 0.252 e. The number of aryl methyl sites for hydroxylation is 1. The number of rotatable bonds is 5. The highest BCUT2D eigenvalue weighted by atomic mass is 16.5. The van der Waals surface area contributed by atoms with Crippen molar-refractivity contribution in [2.75, 3.05) is 19.7 Å². The van der Waals surface area contributed by atoms with Crippen molar-refractivity contribution in [3.05, 3.63) is 11.7 Å². The van der Waals surface area contributed by atoms with Crippen LogP contribution in [0.25, 0.3) is 0 Å². The zero-order valence-corrected chi connectivity index (χ0v) is 11.6.